The number of ether oxygens (including phenoxy) is 1. The van der Waals surface area contributed by atoms with Crippen LogP contribution in [0.4, 0.5) is 11.4 Å². The number of hydrogen-bond acceptors (Lipinski definition) is 7. The third kappa shape index (κ3) is 3.03. The fourth-order valence-electron chi connectivity index (χ4n) is 1.53. The van der Waals surface area contributed by atoms with Crippen molar-refractivity contribution in [3.63, 3.8) is 0 Å². The quantitative estimate of drug-likeness (QED) is 0.474. The summed E-state index contributed by atoms with van der Waals surface area (Å²) in [6.45, 7) is 1.27. The Morgan fingerprint density at radius 3 is 2.33 bits per heavy atom. The summed E-state index contributed by atoms with van der Waals surface area (Å²) >= 11 is 0.775. The van der Waals surface area contributed by atoms with E-state index in [1.165, 1.54) is 31.2 Å². The van der Waals surface area contributed by atoms with E-state index in [1.807, 2.05) is 0 Å². The molecule has 2 aromatic rings. The number of carbonyl (C=O) groups excluding carboxylic acids is 1. The highest BCUT2D eigenvalue weighted by atomic mass is 32.1. The molecule has 21 heavy (non-hydrogen) atoms. The van der Waals surface area contributed by atoms with Crippen molar-refractivity contribution in [1.82, 2.24) is 0 Å². The van der Waals surface area contributed by atoms with Crippen LogP contribution in [-0.2, 0) is 0 Å². The van der Waals surface area contributed by atoms with Crippen molar-refractivity contribution < 1.29 is 19.4 Å². The molecular formula is C12H8N2O6S. The molecule has 0 unspecified atom stereocenters. The molecule has 8 nitrogen and oxygen atoms in total. The number of para-hydroxylation sites is 2. The lowest BCUT2D eigenvalue weighted by Gasteiger charge is -2.03. The van der Waals surface area contributed by atoms with Crippen molar-refractivity contribution in [2.24, 2.45) is 0 Å². The molecule has 0 atom stereocenters. The molecule has 0 saturated heterocycles. The Labute approximate surface area is 121 Å². The summed E-state index contributed by atoms with van der Waals surface area (Å²) < 4.78 is 5.28. The fourth-order valence-corrected chi connectivity index (χ4v) is 2.42. The smallest absolute Gasteiger partial charge is 0.323 e. The first-order chi connectivity index (χ1) is 9.90. The van der Waals surface area contributed by atoms with Crippen LogP contribution in [0.1, 0.15) is 16.6 Å². The van der Waals surface area contributed by atoms with Crippen molar-refractivity contribution in [3.8, 4) is 10.8 Å². The molecule has 0 amide bonds. The van der Waals surface area contributed by atoms with Crippen molar-refractivity contribution in [1.29, 1.82) is 0 Å². The average Bonchev–Trinajstić information content (AvgIpc) is 2.83. The van der Waals surface area contributed by atoms with Crippen LogP contribution in [0, 0.1) is 20.2 Å². The van der Waals surface area contributed by atoms with E-state index in [9.17, 15) is 25.0 Å². The third-order valence-corrected chi connectivity index (χ3v) is 3.59. The Kier molecular flexibility index (Phi) is 3.94. The number of thiophene rings is 1. The molecule has 1 aromatic carbocycles. The number of nitro groups is 2. The molecule has 1 aromatic heterocycles. The first-order valence-corrected chi connectivity index (χ1v) is 6.42. The van der Waals surface area contributed by atoms with Crippen LogP contribution < -0.4 is 4.74 Å². The highest BCUT2D eigenvalue weighted by molar-refractivity contribution is 7.16. The van der Waals surface area contributed by atoms with Gasteiger partial charge < -0.3 is 4.74 Å². The minimum Gasteiger partial charge on any atom is -0.433 e. The molecule has 0 spiro atoms. The van der Waals surface area contributed by atoms with Gasteiger partial charge in [-0.1, -0.05) is 23.5 Å². The second-order valence-corrected chi connectivity index (χ2v) is 4.94. The van der Waals surface area contributed by atoms with Crippen molar-refractivity contribution in [2.45, 2.75) is 6.92 Å². The van der Waals surface area contributed by atoms with E-state index in [2.05, 4.69) is 0 Å². The zero-order chi connectivity index (χ0) is 15.6. The summed E-state index contributed by atoms with van der Waals surface area (Å²) in [4.78, 5) is 31.9. The van der Waals surface area contributed by atoms with E-state index in [-0.39, 0.29) is 27.2 Å². The van der Waals surface area contributed by atoms with Crippen LogP contribution in [0.25, 0.3) is 0 Å². The molecule has 0 aliphatic carbocycles. The Morgan fingerprint density at radius 2 is 1.76 bits per heavy atom. The molecule has 0 aliphatic rings. The SMILES string of the molecule is CC(=O)c1cc([N+](=O)[O-])c(Oc2ccccc2[N+](=O)[O-])s1. The van der Waals surface area contributed by atoms with Gasteiger partial charge in [-0.3, -0.25) is 25.0 Å². The number of carbonyl (C=O) groups is 1. The number of benzene rings is 1. The van der Waals surface area contributed by atoms with E-state index >= 15 is 0 Å². The van der Waals surface area contributed by atoms with E-state index in [1.54, 1.807) is 0 Å². The van der Waals surface area contributed by atoms with Gasteiger partial charge in [0.15, 0.2) is 5.78 Å². The average molecular weight is 308 g/mol. The Hall–Kier alpha value is -2.81. The molecule has 9 heteroatoms. The second-order valence-electron chi connectivity index (χ2n) is 3.92. The lowest BCUT2D eigenvalue weighted by Crippen LogP contribution is -1.94. The van der Waals surface area contributed by atoms with Gasteiger partial charge in [-0.2, -0.15) is 0 Å². The van der Waals surface area contributed by atoms with Gasteiger partial charge in [0.1, 0.15) is 0 Å². The second kappa shape index (κ2) is 5.67. The van der Waals surface area contributed by atoms with Gasteiger partial charge in [0.05, 0.1) is 14.7 Å². The van der Waals surface area contributed by atoms with Crippen LogP contribution in [0.2, 0.25) is 0 Å². The van der Waals surface area contributed by atoms with Gasteiger partial charge in [-0.15, -0.1) is 0 Å². The predicted octanol–water partition coefficient (Wildman–Crippen LogP) is 3.56. The van der Waals surface area contributed by atoms with Crippen LogP contribution in [-0.4, -0.2) is 15.6 Å². The maximum atomic E-state index is 11.3. The normalized spacial score (nSPS) is 10.1. The molecule has 1 heterocycles. The van der Waals surface area contributed by atoms with Crippen molar-refractivity contribution in [3.05, 3.63) is 55.4 Å². The number of rotatable bonds is 5. The minimum atomic E-state index is -0.701. The van der Waals surface area contributed by atoms with E-state index in [0.717, 1.165) is 17.4 Å². The maximum absolute atomic E-state index is 11.3. The number of ketones is 1. The topological polar surface area (TPSA) is 113 Å². The van der Waals surface area contributed by atoms with Crippen molar-refractivity contribution >= 4 is 28.5 Å². The Morgan fingerprint density at radius 1 is 1.14 bits per heavy atom. The van der Waals surface area contributed by atoms with E-state index in [0.29, 0.717) is 0 Å². The lowest BCUT2D eigenvalue weighted by atomic mass is 10.3. The third-order valence-electron chi connectivity index (χ3n) is 2.49. The van der Waals surface area contributed by atoms with Gasteiger partial charge in [0.25, 0.3) is 5.06 Å². The zero-order valence-electron chi connectivity index (χ0n) is 10.6. The van der Waals surface area contributed by atoms with Crippen LogP contribution in [0.15, 0.2) is 30.3 Å². The molecule has 2 rings (SSSR count). The highest BCUT2D eigenvalue weighted by Crippen LogP contribution is 2.42. The molecule has 0 radical (unpaired) electrons. The van der Waals surface area contributed by atoms with Gasteiger partial charge in [0, 0.05) is 12.1 Å². The monoisotopic (exact) mass is 308 g/mol. The molecule has 0 saturated carbocycles. The number of Topliss-reactive ketones (excluding diaryl/α,β-unsaturated/α-hetero) is 1. The molecule has 0 aliphatic heterocycles. The van der Waals surface area contributed by atoms with Gasteiger partial charge >= 0.3 is 11.4 Å². The van der Waals surface area contributed by atoms with Crippen LogP contribution in [0.3, 0.4) is 0 Å². The summed E-state index contributed by atoms with van der Waals surface area (Å²) in [5, 5.41) is 21.7. The highest BCUT2D eigenvalue weighted by Gasteiger charge is 2.25. The molecule has 0 fully saturated rings. The summed E-state index contributed by atoms with van der Waals surface area (Å²) in [5.74, 6) is -0.469. The van der Waals surface area contributed by atoms with Crippen LogP contribution >= 0.6 is 11.3 Å². The molecular weight excluding hydrogens is 300 g/mol. The largest absolute Gasteiger partial charge is 0.433 e. The number of hydrogen-bond donors (Lipinski definition) is 0. The Bertz CT molecular complexity index is 739. The minimum absolute atomic E-state index is 0.123. The summed E-state index contributed by atoms with van der Waals surface area (Å²) in [7, 11) is 0. The van der Waals surface area contributed by atoms with Crippen molar-refractivity contribution in [2.75, 3.05) is 0 Å². The first-order valence-electron chi connectivity index (χ1n) is 5.60. The molecule has 0 bridgehead atoms. The Balaban J connectivity index is 2.46. The first kappa shape index (κ1) is 14.6. The number of nitrogens with zero attached hydrogens (tertiary/aromatic N) is 2. The summed E-state index contributed by atoms with van der Waals surface area (Å²) in [5.41, 5.74) is -0.715. The standard InChI is InChI=1S/C12H8N2O6S/c1-7(15)11-6-9(14(18)19)12(21-11)20-10-5-3-2-4-8(10)13(16)17/h2-6H,1H3. The van der Waals surface area contributed by atoms with Gasteiger partial charge in [-0.05, 0) is 13.0 Å². The maximum Gasteiger partial charge on any atom is 0.323 e. The lowest BCUT2D eigenvalue weighted by molar-refractivity contribution is -0.387. The number of nitro benzene ring substituents is 1. The summed E-state index contributed by atoms with van der Waals surface area (Å²) in [6, 6.07) is 6.61. The predicted molar refractivity (Wildman–Crippen MR) is 74.1 cm³/mol. The van der Waals surface area contributed by atoms with Gasteiger partial charge in [-0.25, -0.2) is 0 Å². The molecule has 0 N–H and O–H groups in total. The summed E-state index contributed by atoms with van der Waals surface area (Å²) in [6.07, 6.45) is 0. The van der Waals surface area contributed by atoms with E-state index in [4.69, 9.17) is 4.74 Å². The van der Waals surface area contributed by atoms with Crippen LogP contribution in [0.5, 0.6) is 10.8 Å². The fraction of sp³-hybridized carbons (Fsp3) is 0.0833. The van der Waals surface area contributed by atoms with E-state index < -0.39 is 15.5 Å². The zero-order valence-corrected chi connectivity index (χ0v) is 11.5. The van der Waals surface area contributed by atoms with Gasteiger partial charge in [0.2, 0.25) is 5.75 Å². The molecule has 108 valence electrons.